The maximum atomic E-state index is 11.6. The van der Waals surface area contributed by atoms with Gasteiger partial charge in [-0.25, -0.2) is 5.06 Å². The van der Waals surface area contributed by atoms with Gasteiger partial charge in [-0.3, -0.25) is 9.63 Å². The first kappa shape index (κ1) is 11.5. The lowest BCUT2D eigenvalue weighted by Crippen LogP contribution is -2.35. The van der Waals surface area contributed by atoms with Gasteiger partial charge in [-0.05, 0) is 26.2 Å². The molecule has 1 saturated heterocycles. The molecule has 82 valence electrons. The molecule has 0 radical (unpaired) electrons. The van der Waals surface area contributed by atoms with Crippen molar-refractivity contribution in [3.05, 3.63) is 0 Å². The van der Waals surface area contributed by atoms with Crippen LogP contribution in [0.3, 0.4) is 0 Å². The number of hydrogen-bond donors (Lipinski definition) is 0. The monoisotopic (exact) mass is 201 g/mol. The fourth-order valence-electron chi connectivity index (χ4n) is 1.36. The Labute approximate surface area is 85.1 Å². The molecule has 0 saturated carbocycles. The van der Waals surface area contributed by atoms with Crippen LogP contribution in [0, 0.1) is 0 Å². The molecule has 0 bridgehead atoms. The van der Waals surface area contributed by atoms with Crippen molar-refractivity contribution in [1.82, 2.24) is 5.06 Å². The highest BCUT2D eigenvalue weighted by Crippen LogP contribution is 2.09. The average Bonchev–Trinajstić information content (AvgIpc) is 2.26. The lowest BCUT2D eigenvalue weighted by molar-refractivity contribution is -0.197. The van der Waals surface area contributed by atoms with E-state index in [-0.39, 0.29) is 12.0 Å². The number of carbonyl (C=O) groups is 1. The third-order valence-corrected chi connectivity index (χ3v) is 2.45. The van der Waals surface area contributed by atoms with Gasteiger partial charge in [0.2, 0.25) is 5.91 Å². The number of rotatable bonds is 4. The summed E-state index contributed by atoms with van der Waals surface area (Å²) in [5, 5.41) is 1.49. The predicted molar refractivity (Wildman–Crippen MR) is 52.6 cm³/mol. The number of carbonyl (C=O) groups excluding carboxylic acids is 1. The number of hydrogen-bond acceptors (Lipinski definition) is 3. The fraction of sp³-hybridized carbons (Fsp3) is 0.900. The molecule has 14 heavy (non-hydrogen) atoms. The molecule has 1 fully saturated rings. The third kappa shape index (κ3) is 3.64. The number of amides is 1. The van der Waals surface area contributed by atoms with Gasteiger partial charge in [-0.2, -0.15) is 0 Å². The van der Waals surface area contributed by atoms with Crippen molar-refractivity contribution in [2.75, 3.05) is 20.3 Å². The zero-order valence-corrected chi connectivity index (χ0v) is 8.99. The highest BCUT2D eigenvalue weighted by atomic mass is 16.7. The van der Waals surface area contributed by atoms with Crippen LogP contribution in [0.5, 0.6) is 0 Å². The van der Waals surface area contributed by atoms with Gasteiger partial charge in [-0.15, -0.1) is 0 Å². The molecule has 1 atom stereocenters. The number of methoxy groups -OCH3 is 1. The molecule has 4 heteroatoms. The van der Waals surface area contributed by atoms with E-state index in [1.54, 1.807) is 7.11 Å². The lowest BCUT2D eigenvalue weighted by atomic mass is 10.2. The van der Waals surface area contributed by atoms with Crippen LogP contribution in [0.2, 0.25) is 0 Å². The van der Waals surface area contributed by atoms with E-state index < -0.39 is 0 Å². The lowest BCUT2D eigenvalue weighted by Gasteiger charge is -2.26. The van der Waals surface area contributed by atoms with Crippen LogP contribution in [-0.2, 0) is 14.4 Å². The van der Waals surface area contributed by atoms with Crippen molar-refractivity contribution in [3.63, 3.8) is 0 Å². The van der Waals surface area contributed by atoms with Crippen LogP contribution >= 0.6 is 0 Å². The zero-order chi connectivity index (χ0) is 10.4. The largest absolute Gasteiger partial charge is 0.382 e. The maximum absolute atomic E-state index is 11.6. The topological polar surface area (TPSA) is 38.8 Å². The molecule has 0 aromatic heterocycles. The first-order valence-electron chi connectivity index (χ1n) is 5.20. The van der Waals surface area contributed by atoms with E-state index in [2.05, 4.69) is 0 Å². The van der Waals surface area contributed by atoms with Crippen LogP contribution in [0.15, 0.2) is 0 Å². The van der Waals surface area contributed by atoms with Crippen LogP contribution in [0.1, 0.15) is 32.6 Å². The summed E-state index contributed by atoms with van der Waals surface area (Å²) in [6.07, 6.45) is 3.51. The molecule has 0 N–H and O–H groups in total. The van der Waals surface area contributed by atoms with Crippen molar-refractivity contribution in [1.29, 1.82) is 0 Å². The van der Waals surface area contributed by atoms with Gasteiger partial charge in [0.05, 0.1) is 12.7 Å². The number of ether oxygens (including phenoxy) is 1. The van der Waals surface area contributed by atoms with Crippen molar-refractivity contribution >= 4 is 5.91 Å². The summed E-state index contributed by atoms with van der Waals surface area (Å²) in [5.41, 5.74) is 0. The molecule has 1 aliphatic rings. The van der Waals surface area contributed by atoms with Crippen molar-refractivity contribution in [2.24, 2.45) is 0 Å². The maximum Gasteiger partial charge on any atom is 0.246 e. The molecule has 1 unspecified atom stereocenters. The molecular formula is C10H19NO3. The molecule has 1 rings (SSSR count). The summed E-state index contributed by atoms with van der Waals surface area (Å²) in [7, 11) is 1.66. The molecule has 0 aliphatic carbocycles. The Kier molecular flexibility index (Phi) is 4.90. The Hall–Kier alpha value is -0.610. The van der Waals surface area contributed by atoms with Gasteiger partial charge in [0, 0.05) is 20.1 Å². The smallest absolute Gasteiger partial charge is 0.246 e. The minimum Gasteiger partial charge on any atom is -0.382 e. The quantitative estimate of drug-likeness (QED) is 0.689. The third-order valence-electron chi connectivity index (χ3n) is 2.45. The molecule has 0 spiro atoms. The summed E-state index contributed by atoms with van der Waals surface area (Å²) in [6.45, 7) is 3.37. The fourth-order valence-corrected chi connectivity index (χ4v) is 1.36. The van der Waals surface area contributed by atoms with Crippen LogP contribution in [0.4, 0.5) is 0 Å². The normalized spacial score (nSPS) is 19.4. The Morgan fingerprint density at radius 3 is 2.93 bits per heavy atom. The van der Waals surface area contributed by atoms with E-state index in [4.69, 9.17) is 9.57 Å². The van der Waals surface area contributed by atoms with Crippen LogP contribution < -0.4 is 0 Å². The highest BCUT2D eigenvalue weighted by molar-refractivity contribution is 5.75. The van der Waals surface area contributed by atoms with Crippen molar-refractivity contribution < 1.29 is 14.4 Å². The standard InChI is InChI=1S/C10H19NO3/c1-9(13-2)5-6-10(12)11-7-3-4-8-14-11/h9H,3-8H2,1-2H3. The van der Waals surface area contributed by atoms with E-state index >= 15 is 0 Å². The van der Waals surface area contributed by atoms with Crippen LogP contribution in [0.25, 0.3) is 0 Å². The van der Waals surface area contributed by atoms with Gasteiger partial charge < -0.3 is 4.74 Å². The summed E-state index contributed by atoms with van der Waals surface area (Å²) < 4.78 is 5.08. The molecule has 0 aromatic carbocycles. The van der Waals surface area contributed by atoms with Crippen molar-refractivity contribution in [2.45, 2.75) is 38.7 Å². The Morgan fingerprint density at radius 1 is 1.57 bits per heavy atom. The molecule has 4 nitrogen and oxygen atoms in total. The second kappa shape index (κ2) is 5.98. The molecule has 0 aromatic rings. The Balaban J connectivity index is 2.19. The van der Waals surface area contributed by atoms with E-state index in [0.717, 1.165) is 25.8 Å². The van der Waals surface area contributed by atoms with Gasteiger partial charge in [-0.1, -0.05) is 0 Å². The predicted octanol–water partition coefficient (Wildman–Crippen LogP) is 1.36. The minimum absolute atomic E-state index is 0.0774. The molecule has 1 aliphatic heterocycles. The van der Waals surface area contributed by atoms with Crippen molar-refractivity contribution in [3.8, 4) is 0 Å². The summed E-state index contributed by atoms with van der Waals surface area (Å²) in [4.78, 5) is 16.8. The summed E-state index contributed by atoms with van der Waals surface area (Å²) in [5.74, 6) is 0.0774. The van der Waals surface area contributed by atoms with Gasteiger partial charge in [0.15, 0.2) is 0 Å². The number of hydroxylamine groups is 2. The molecule has 1 amide bonds. The van der Waals surface area contributed by atoms with E-state index in [1.807, 2.05) is 6.92 Å². The van der Waals surface area contributed by atoms with Crippen LogP contribution in [-0.4, -0.2) is 37.3 Å². The van der Waals surface area contributed by atoms with Gasteiger partial charge in [0.1, 0.15) is 0 Å². The first-order chi connectivity index (χ1) is 6.74. The first-order valence-corrected chi connectivity index (χ1v) is 5.20. The van der Waals surface area contributed by atoms with E-state index in [0.29, 0.717) is 13.0 Å². The van der Waals surface area contributed by atoms with E-state index in [9.17, 15) is 4.79 Å². The number of nitrogens with zero attached hydrogens (tertiary/aromatic N) is 1. The van der Waals surface area contributed by atoms with E-state index in [1.165, 1.54) is 5.06 Å². The molecule has 1 heterocycles. The summed E-state index contributed by atoms with van der Waals surface area (Å²) in [6, 6.07) is 0. The molecular weight excluding hydrogens is 182 g/mol. The minimum atomic E-state index is 0.0774. The summed E-state index contributed by atoms with van der Waals surface area (Å²) >= 11 is 0. The second-order valence-corrected chi connectivity index (χ2v) is 3.62. The van der Waals surface area contributed by atoms with Gasteiger partial charge in [0.25, 0.3) is 0 Å². The Morgan fingerprint density at radius 2 is 2.36 bits per heavy atom. The zero-order valence-electron chi connectivity index (χ0n) is 8.99. The average molecular weight is 201 g/mol. The Bertz CT molecular complexity index is 178. The second-order valence-electron chi connectivity index (χ2n) is 3.62. The highest BCUT2D eigenvalue weighted by Gasteiger charge is 2.17. The van der Waals surface area contributed by atoms with Gasteiger partial charge >= 0.3 is 0 Å². The SMILES string of the molecule is COC(C)CCC(=O)N1CCCCO1.